The van der Waals surface area contributed by atoms with E-state index in [2.05, 4.69) is 10.6 Å². The van der Waals surface area contributed by atoms with E-state index < -0.39 is 11.6 Å². The van der Waals surface area contributed by atoms with E-state index in [9.17, 15) is 9.59 Å². The molecule has 2 aromatic rings. The first kappa shape index (κ1) is 14.1. The third-order valence-corrected chi connectivity index (χ3v) is 3.72. The van der Waals surface area contributed by atoms with Gasteiger partial charge in [0.15, 0.2) is 0 Å². The zero-order chi connectivity index (χ0) is 15.6. The van der Waals surface area contributed by atoms with Crippen LogP contribution < -0.4 is 15.4 Å². The zero-order valence-electron chi connectivity index (χ0n) is 12.1. The highest BCUT2D eigenvalue weighted by atomic mass is 16.5. The minimum Gasteiger partial charge on any atom is -0.489 e. The Hall–Kier alpha value is -2.82. The van der Waals surface area contributed by atoms with Crippen molar-refractivity contribution in [3.63, 3.8) is 0 Å². The number of hydrogen-bond donors (Lipinski definition) is 2. The Kier molecular flexibility index (Phi) is 3.55. The highest BCUT2D eigenvalue weighted by molar-refractivity contribution is 6.07. The summed E-state index contributed by atoms with van der Waals surface area (Å²) in [6.45, 7) is 2.15. The van der Waals surface area contributed by atoms with E-state index in [1.54, 1.807) is 31.2 Å². The molecule has 0 unspecified atom stereocenters. The van der Waals surface area contributed by atoms with Gasteiger partial charge in [-0.15, -0.1) is 0 Å². The minimum absolute atomic E-state index is 0.351. The molecule has 1 fully saturated rings. The van der Waals surface area contributed by atoms with Crippen LogP contribution in [0.4, 0.5) is 4.79 Å². The Morgan fingerprint density at radius 2 is 1.68 bits per heavy atom. The maximum atomic E-state index is 11.9. The summed E-state index contributed by atoms with van der Waals surface area (Å²) in [6, 6.07) is 16.5. The second-order valence-corrected chi connectivity index (χ2v) is 5.33. The number of imide groups is 1. The Balaban J connectivity index is 1.71. The lowest BCUT2D eigenvalue weighted by Gasteiger charge is -2.21. The fourth-order valence-corrected chi connectivity index (χ4v) is 2.37. The number of amides is 3. The van der Waals surface area contributed by atoms with Crippen molar-refractivity contribution in [1.29, 1.82) is 0 Å². The Labute approximate surface area is 128 Å². The molecule has 0 radical (unpaired) electrons. The van der Waals surface area contributed by atoms with Gasteiger partial charge in [0.05, 0.1) is 0 Å². The van der Waals surface area contributed by atoms with Gasteiger partial charge in [-0.2, -0.15) is 0 Å². The van der Waals surface area contributed by atoms with Crippen LogP contribution in [0.2, 0.25) is 0 Å². The molecule has 0 spiro atoms. The molecule has 1 aliphatic rings. The first-order valence-corrected chi connectivity index (χ1v) is 6.99. The number of nitrogens with one attached hydrogen (secondary N) is 2. The molecule has 5 nitrogen and oxygen atoms in total. The Morgan fingerprint density at radius 3 is 2.27 bits per heavy atom. The Morgan fingerprint density at radius 1 is 1.00 bits per heavy atom. The molecule has 2 aromatic carbocycles. The topological polar surface area (TPSA) is 67.4 Å². The average molecular weight is 296 g/mol. The minimum atomic E-state index is -1.03. The third kappa shape index (κ3) is 2.65. The van der Waals surface area contributed by atoms with Crippen LogP contribution in [0.1, 0.15) is 18.1 Å². The van der Waals surface area contributed by atoms with Crippen molar-refractivity contribution in [1.82, 2.24) is 10.6 Å². The summed E-state index contributed by atoms with van der Waals surface area (Å²) < 4.78 is 5.70. The molecule has 0 aliphatic carbocycles. The molecule has 0 bridgehead atoms. The van der Waals surface area contributed by atoms with Gasteiger partial charge in [0, 0.05) is 0 Å². The summed E-state index contributed by atoms with van der Waals surface area (Å²) in [5.74, 6) is 0.358. The van der Waals surface area contributed by atoms with Crippen LogP contribution in [0.15, 0.2) is 54.6 Å². The van der Waals surface area contributed by atoms with Gasteiger partial charge in [-0.05, 0) is 30.2 Å². The first-order valence-electron chi connectivity index (χ1n) is 6.99. The molecule has 0 saturated carbocycles. The molecular weight excluding hydrogens is 280 g/mol. The van der Waals surface area contributed by atoms with Crippen molar-refractivity contribution in [3.8, 4) is 5.75 Å². The molecular formula is C17H16N2O3. The monoisotopic (exact) mass is 296 g/mol. The summed E-state index contributed by atoms with van der Waals surface area (Å²) in [6.07, 6.45) is 0. The lowest BCUT2D eigenvalue weighted by Crippen LogP contribution is -2.40. The van der Waals surface area contributed by atoms with Gasteiger partial charge in [0.1, 0.15) is 17.9 Å². The largest absolute Gasteiger partial charge is 0.489 e. The highest BCUT2D eigenvalue weighted by Crippen LogP contribution is 2.26. The number of urea groups is 1. The normalized spacial score (nSPS) is 20.4. The molecule has 112 valence electrons. The van der Waals surface area contributed by atoms with E-state index in [1.165, 1.54) is 0 Å². The molecule has 1 heterocycles. The zero-order valence-corrected chi connectivity index (χ0v) is 12.1. The van der Waals surface area contributed by atoms with Crippen molar-refractivity contribution in [3.05, 3.63) is 65.7 Å². The van der Waals surface area contributed by atoms with Crippen LogP contribution >= 0.6 is 0 Å². The SMILES string of the molecule is C[C@]1(c2ccc(OCc3ccccc3)cc2)NC(=O)NC1=O. The fourth-order valence-electron chi connectivity index (χ4n) is 2.37. The fraction of sp³-hybridized carbons (Fsp3) is 0.176. The lowest BCUT2D eigenvalue weighted by molar-refractivity contribution is -0.123. The third-order valence-electron chi connectivity index (χ3n) is 3.72. The van der Waals surface area contributed by atoms with Crippen molar-refractivity contribution >= 4 is 11.9 Å². The van der Waals surface area contributed by atoms with Gasteiger partial charge < -0.3 is 10.1 Å². The Bertz CT molecular complexity index is 698. The van der Waals surface area contributed by atoms with Crippen molar-refractivity contribution in [2.75, 3.05) is 0 Å². The number of carbonyl (C=O) groups excluding carboxylic acids is 2. The summed E-state index contributed by atoms with van der Waals surface area (Å²) in [4.78, 5) is 23.2. The van der Waals surface area contributed by atoms with Gasteiger partial charge >= 0.3 is 6.03 Å². The molecule has 0 aromatic heterocycles. The molecule has 1 saturated heterocycles. The summed E-state index contributed by atoms with van der Waals surface area (Å²) in [5.41, 5.74) is 0.763. The van der Waals surface area contributed by atoms with Gasteiger partial charge in [-0.3, -0.25) is 10.1 Å². The molecule has 2 N–H and O–H groups in total. The summed E-state index contributed by atoms with van der Waals surface area (Å²) in [7, 11) is 0. The van der Waals surface area contributed by atoms with Crippen LogP contribution in [0.3, 0.4) is 0 Å². The lowest BCUT2D eigenvalue weighted by atomic mass is 9.92. The molecule has 3 rings (SSSR count). The number of carbonyl (C=O) groups is 2. The van der Waals surface area contributed by atoms with Crippen LogP contribution in [-0.2, 0) is 16.9 Å². The maximum Gasteiger partial charge on any atom is 0.322 e. The standard InChI is InChI=1S/C17H16N2O3/c1-17(15(20)18-16(21)19-17)13-7-9-14(10-8-13)22-11-12-5-3-2-4-6-12/h2-10H,11H2,1H3,(H2,18,19,20,21)/t17-/m1/s1. The van der Waals surface area contributed by atoms with E-state index in [1.807, 2.05) is 30.3 Å². The molecule has 5 heteroatoms. The molecule has 22 heavy (non-hydrogen) atoms. The second kappa shape index (κ2) is 5.52. The number of benzene rings is 2. The highest BCUT2D eigenvalue weighted by Gasteiger charge is 2.43. The average Bonchev–Trinajstić information content (AvgIpc) is 2.80. The second-order valence-electron chi connectivity index (χ2n) is 5.33. The van der Waals surface area contributed by atoms with Crippen molar-refractivity contribution < 1.29 is 14.3 Å². The molecule has 3 amide bonds. The van der Waals surface area contributed by atoms with E-state index in [0.717, 1.165) is 5.56 Å². The predicted molar refractivity (Wildman–Crippen MR) is 81.2 cm³/mol. The van der Waals surface area contributed by atoms with Crippen LogP contribution in [0.25, 0.3) is 0 Å². The van der Waals surface area contributed by atoms with Gasteiger partial charge in [0.2, 0.25) is 0 Å². The predicted octanol–water partition coefficient (Wildman–Crippen LogP) is 2.32. The van der Waals surface area contributed by atoms with Crippen LogP contribution in [0, 0.1) is 0 Å². The van der Waals surface area contributed by atoms with E-state index >= 15 is 0 Å². The van der Waals surface area contributed by atoms with Crippen molar-refractivity contribution in [2.45, 2.75) is 19.1 Å². The number of hydrogen-bond acceptors (Lipinski definition) is 3. The van der Waals surface area contributed by atoms with Gasteiger partial charge in [-0.25, -0.2) is 4.79 Å². The summed E-state index contributed by atoms with van der Waals surface area (Å²) >= 11 is 0. The van der Waals surface area contributed by atoms with E-state index in [0.29, 0.717) is 17.9 Å². The quantitative estimate of drug-likeness (QED) is 0.851. The summed E-state index contributed by atoms with van der Waals surface area (Å²) in [5, 5.41) is 4.88. The van der Waals surface area contributed by atoms with E-state index in [-0.39, 0.29) is 5.91 Å². The molecule has 1 atom stereocenters. The van der Waals surface area contributed by atoms with Gasteiger partial charge in [0.25, 0.3) is 5.91 Å². The maximum absolute atomic E-state index is 11.9. The number of ether oxygens (including phenoxy) is 1. The molecule has 1 aliphatic heterocycles. The smallest absolute Gasteiger partial charge is 0.322 e. The number of rotatable bonds is 4. The van der Waals surface area contributed by atoms with E-state index in [4.69, 9.17) is 4.74 Å². The van der Waals surface area contributed by atoms with Gasteiger partial charge in [-0.1, -0.05) is 42.5 Å². The first-order chi connectivity index (χ1) is 10.6. The van der Waals surface area contributed by atoms with Crippen LogP contribution in [0.5, 0.6) is 5.75 Å². The van der Waals surface area contributed by atoms with Crippen LogP contribution in [-0.4, -0.2) is 11.9 Å². The van der Waals surface area contributed by atoms with Crippen molar-refractivity contribution in [2.24, 2.45) is 0 Å².